The molecule has 1 aromatic carbocycles. The summed E-state index contributed by atoms with van der Waals surface area (Å²) < 4.78 is 3.47. The van der Waals surface area contributed by atoms with E-state index in [4.69, 9.17) is 0 Å². The van der Waals surface area contributed by atoms with E-state index in [1.807, 2.05) is 0 Å². The number of fused-ring (bicyclic) bond motifs is 1. The Morgan fingerprint density at radius 2 is 1.83 bits per heavy atom. The monoisotopic (exact) mass is 548 g/mol. The van der Waals surface area contributed by atoms with Crippen molar-refractivity contribution in [2.45, 2.75) is 51.1 Å². The Labute approximate surface area is 169 Å². The maximum Gasteiger partial charge on any atom is -1.00 e. The van der Waals surface area contributed by atoms with Crippen molar-refractivity contribution in [2.24, 2.45) is 5.41 Å². The van der Waals surface area contributed by atoms with Crippen LogP contribution in [-0.4, -0.2) is 11.4 Å². The Hall–Kier alpha value is 0.0970. The largest absolute Gasteiger partial charge is 1.00 e. The molecule has 24 heavy (non-hydrogen) atoms. The summed E-state index contributed by atoms with van der Waals surface area (Å²) in [5.41, 5.74) is 2.27. The normalized spacial score (nSPS) is 20.0. The molecule has 129 valence electrons. The second-order valence-electron chi connectivity index (χ2n) is 6.76. The maximum absolute atomic E-state index is 13.1. The molecule has 1 amide bonds. The Balaban J connectivity index is 0.00000144. The Bertz CT molecular complexity index is 638. The molecular formula is C18H24Cl2HfNOSi. The second kappa shape index (κ2) is 9.70. The van der Waals surface area contributed by atoms with Crippen LogP contribution in [0.3, 0.4) is 0 Å². The number of carbonyl (C=O) groups excluding carboxylic acids is 1. The molecule has 0 spiro atoms. The van der Waals surface area contributed by atoms with Crippen molar-refractivity contribution in [3.8, 4) is 0 Å². The van der Waals surface area contributed by atoms with E-state index >= 15 is 0 Å². The van der Waals surface area contributed by atoms with Crippen molar-refractivity contribution in [2.75, 3.05) is 0 Å². The van der Waals surface area contributed by atoms with Gasteiger partial charge in [0.15, 0.2) is 0 Å². The molecule has 1 fully saturated rings. The summed E-state index contributed by atoms with van der Waals surface area (Å²) in [5, 5.41) is 0. The van der Waals surface area contributed by atoms with Gasteiger partial charge in [-0.15, -0.1) is 0 Å². The smallest absolute Gasteiger partial charge is 1.00 e. The molecule has 0 bridgehead atoms. The van der Waals surface area contributed by atoms with Crippen LogP contribution in [0.25, 0.3) is 6.08 Å². The predicted octanol–water partition coefficient (Wildman–Crippen LogP) is -1.88. The van der Waals surface area contributed by atoms with E-state index in [1.54, 1.807) is 0 Å². The Morgan fingerprint density at radius 1 is 1.17 bits per heavy atom. The number of allylic oxidation sites excluding steroid dienone is 1. The minimum Gasteiger partial charge on any atom is -1.00 e. The van der Waals surface area contributed by atoms with Crippen molar-refractivity contribution < 1.29 is 51.4 Å². The molecule has 0 aromatic heterocycles. The quantitative estimate of drug-likeness (QED) is 0.441. The van der Waals surface area contributed by atoms with Crippen molar-refractivity contribution >= 4 is 17.5 Å². The average molecular weight is 548 g/mol. The van der Waals surface area contributed by atoms with Crippen LogP contribution in [0.5, 0.6) is 0 Å². The number of amides is 1. The van der Waals surface area contributed by atoms with Gasteiger partial charge in [0.1, 0.15) is 0 Å². The van der Waals surface area contributed by atoms with Gasteiger partial charge in [-0.3, -0.25) is 0 Å². The van der Waals surface area contributed by atoms with E-state index in [9.17, 15) is 4.79 Å². The van der Waals surface area contributed by atoms with Gasteiger partial charge in [-0.25, -0.2) is 0 Å². The Morgan fingerprint density at radius 3 is 2.50 bits per heavy atom. The Kier molecular flexibility index (Phi) is 8.95. The van der Waals surface area contributed by atoms with Crippen LogP contribution < -0.4 is 28.1 Å². The summed E-state index contributed by atoms with van der Waals surface area (Å²) in [6.07, 6.45) is 10.3. The number of rotatable bonds is 3. The van der Waals surface area contributed by atoms with Gasteiger partial charge >= 0.3 is 145 Å². The van der Waals surface area contributed by atoms with Gasteiger partial charge in [-0.05, 0) is 0 Å². The zero-order valence-corrected chi connectivity index (χ0v) is 20.3. The summed E-state index contributed by atoms with van der Waals surface area (Å²) >= 11 is -0.922. The SMILES string of the molecule is C[Si](C)=[Hf+2][NH]C(=O)C1(C2C=Cc3ccccc32)CCCCC1.[Cl-].[Cl-]. The number of halogens is 2. The van der Waals surface area contributed by atoms with Crippen LogP contribution in [0.4, 0.5) is 0 Å². The van der Waals surface area contributed by atoms with E-state index in [1.165, 1.54) is 30.4 Å². The molecule has 0 radical (unpaired) electrons. The van der Waals surface area contributed by atoms with Crippen molar-refractivity contribution in [3.63, 3.8) is 0 Å². The van der Waals surface area contributed by atoms with Crippen molar-refractivity contribution in [3.05, 3.63) is 41.5 Å². The van der Waals surface area contributed by atoms with Crippen LogP contribution in [0.15, 0.2) is 30.3 Å². The maximum atomic E-state index is 13.1. The molecule has 2 aliphatic carbocycles. The van der Waals surface area contributed by atoms with Gasteiger partial charge in [-0.1, -0.05) is 0 Å². The second-order valence-corrected chi connectivity index (χ2v) is 23.4. The third kappa shape index (κ3) is 4.43. The molecule has 2 aliphatic rings. The number of hydrogen-bond acceptors (Lipinski definition) is 1. The van der Waals surface area contributed by atoms with Gasteiger partial charge in [0.25, 0.3) is 0 Å². The molecule has 0 heterocycles. The summed E-state index contributed by atoms with van der Waals surface area (Å²) in [7, 11) is 0. The number of carbonyl (C=O) groups is 1. The first kappa shape index (κ1) is 22.1. The van der Waals surface area contributed by atoms with E-state index < -0.39 is 21.8 Å². The first-order valence-corrected chi connectivity index (χ1v) is 18.0. The fourth-order valence-electron chi connectivity index (χ4n) is 3.90. The fraction of sp³-hybridized carbons (Fsp3) is 0.500. The summed E-state index contributed by atoms with van der Waals surface area (Å²) in [5.74, 6) is 0.671. The molecule has 1 unspecified atom stereocenters. The first-order chi connectivity index (χ1) is 10.6. The minimum absolute atomic E-state index is 0. The average Bonchev–Trinajstić information content (AvgIpc) is 2.97. The number of benzene rings is 1. The topological polar surface area (TPSA) is 29.1 Å². The van der Waals surface area contributed by atoms with Gasteiger partial charge in [0.2, 0.25) is 0 Å². The van der Waals surface area contributed by atoms with E-state index in [-0.39, 0.29) is 41.6 Å². The molecular weight excluding hydrogens is 524 g/mol. The predicted molar refractivity (Wildman–Crippen MR) is 89.4 cm³/mol. The zero-order valence-electron chi connectivity index (χ0n) is 14.2. The van der Waals surface area contributed by atoms with Crippen LogP contribution in [0.1, 0.15) is 49.1 Å². The van der Waals surface area contributed by atoms with Crippen LogP contribution in [0.2, 0.25) is 13.1 Å². The molecule has 6 heteroatoms. The third-order valence-electron chi connectivity index (χ3n) is 5.02. The van der Waals surface area contributed by atoms with Crippen LogP contribution in [0, 0.1) is 5.41 Å². The minimum atomic E-state index is -0.922. The summed E-state index contributed by atoms with van der Waals surface area (Å²) in [6, 6.07) is 8.61. The van der Waals surface area contributed by atoms with Crippen LogP contribution in [-0.2, 0) is 26.6 Å². The van der Waals surface area contributed by atoms with E-state index in [2.05, 4.69) is 52.8 Å². The standard InChI is InChI=1S/C16H19NO.C2H6Si.2ClH.Hf/c17-15(18)16(10-4-1-5-11-16)14-9-8-12-6-2-3-7-13(12)14;1-3-2;;;/h2-3,6-9,14H,1,4-5,10-11H2,(H2,17,18);1-2H3;2*1H;/q;;;;+3/p-3. The third-order valence-corrected chi connectivity index (χ3v) is 13.2. The number of hydrogen-bond donors (Lipinski definition) is 1. The molecule has 1 atom stereocenters. The number of nitrogens with one attached hydrogen (secondary N) is 1. The molecule has 0 saturated heterocycles. The molecule has 2 nitrogen and oxygen atoms in total. The van der Waals surface area contributed by atoms with Gasteiger partial charge in [-0.2, -0.15) is 0 Å². The molecule has 0 aliphatic heterocycles. The summed E-state index contributed by atoms with van der Waals surface area (Å²) in [4.78, 5) is 13.1. The van der Waals surface area contributed by atoms with Gasteiger partial charge < -0.3 is 24.8 Å². The molecule has 1 N–H and O–H groups in total. The van der Waals surface area contributed by atoms with Crippen LogP contribution >= 0.6 is 0 Å². The molecule has 1 aromatic rings. The first-order valence-electron chi connectivity index (χ1n) is 8.27. The van der Waals surface area contributed by atoms with E-state index in [0.29, 0.717) is 5.91 Å². The molecule has 1 saturated carbocycles. The van der Waals surface area contributed by atoms with Crippen molar-refractivity contribution in [1.82, 2.24) is 3.30 Å². The summed E-state index contributed by atoms with van der Waals surface area (Å²) in [6.45, 7) is 4.68. The molecule has 3 rings (SSSR count). The van der Waals surface area contributed by atoms with Gasteiger partial charge in [0.05, 0.1) is 0 Å². The fourth-order valence-corrected chi connectivity index (χ4v) is 9.08. The van der Waals surface area contributed by atoms with Crippen molar-refractivity contribution in [1.29, 1.82) is 0 Å². The van der Waals surface area contributed by atoms with E-state index in [0.717, 1.165) is 12.8 Å². The van der Waals surface area contributed by atoms with Gasteiger partial charge in [0, 0.05) is 0 Å². The zero-order chi connectivity index (χ0) is 15.6.